The predicted octanol–water partition coefficient (Wildman–Crippen LogP) is 5.30. The van der Waals surface area contributed by atoms with Crippen molar-refractivity contribution in [3.05, 3.63) is 77.4 Å². The fraction of sp³-hybridized carbons (Fsp3) is 0.158. The minimum Gasteiger partial charge on any atom is -0.0874 e. The number of benzene rings is 2. The molecule has 0 nitrogen and oxygen atoms in total. The standard InChI is InChI=1S/C19H18/c1-3-7-15-13-16-11-5-9-14-10-6-12-18(19(14)16)17(15)8-4-2/h3-12H,13H2,1-2H3/b7-3-,8-4-. The molecule has 0 bridgehead atoms. The Labute approximate surface area is 114 Å². The van der Waals surface area contributed by atoms with Gasteiger partial charge in [0.2, 0.25) is 0 Å². The molecule has 0 spiro atoms. The van der Waals surface area contributed by atoms with Crippen LogP contribution in [-0.4, -0.2) is 0 Å². The van der Waals surface area contributed by atoms with Gasteiger partial charge in [0.25, 0.3) is 0 Å². The molecule has 0 saturated carbocycles. The summed E-state index contributed by atoms with van der Waals surface area (Å²) in [4.78, 5) is 0. The van der Waals surface area contributed by atoms with Gasteiger partial charge >= 0.3 is 0 Å². The first-order chi connectivity index (χ1) is 9.35. The Kier molecular flexibility index (Phi) is 3.08. The van der Waals surface area contributed by atoms with E-state index >= 15 is 0 Å². The summed E-state index contributed by atoms with van der Waals surface area (Å²) in [6.45, 7) is 4.17. The Bertz CT molecular complexity index is 707. The van der Waals surface area contributed by atoms with Gasteiger partial charge in [0, 0.05) is 0 Å². The van der Waals surface area contributed by atoms with Crippen molar-refractivity contribution >= 4 is 16.3 Å². The summed E-state index contributed by atoms with van der Waals surface area (Å²) in [6.07, 6.45) is 9.76. The zero-order valence-electron chi connectivity index (χ0n) is 11.5. The van der Waals surface area contributed by atoms with E-state index in [4.69, 9.17) is 0 Å². The van der Waals surface area contributed by atoms with Crippen molar-refractivity contribution in [1.82, 2.24) is 0 Å². The summed E-state index contributed by atoms with van der Waals surface area (Å²) in [5, 5.41) is 2.77. The average Bonchev–Trinajstić information content (AvgIpc) is 2.43. The fourth-order valence-electron chi connectivity index (χ4n) is 2.98. The zero-order valence-corrected chi connectivity index (χ0v) is 11.5. The lowest BCUT2D eigenvalue weighted by molar-refractivity contribution is 1.20. The molecule has 2 aromatic rings. The number of allylic oxidation sites excluding steroid dienone is 6. The average molecular weight is 246 g/mol. The van der Waals surface area contributed by atoms with Gasteiger partial charge < -0.3 is 0 Å². The van der Waals surface area contributed by atoms with E-state index in [2.05, 4.69) is 74.5 Å². The van der Waals surface area contributed by atoms with Gasteiger partial charge in [-0.15, -0.1) is 0 Å². The Morgan fingerprint density at radius 2 is 1.63 bits per heavy atom. The topological polar surface area (TPSA) is 0 Å². The summed E-state index contributed by atoms with van der Waals surface area (Å²) >= 11 is 0. The summed E-state index contributed by atoms with van der Waals surface area (Å²) in [7, 11) is 0. The first kappa shape index (κ1) is 12.0. The monoisotopic (exact) mass is 246 g/mol. The van der Waals surface area contributed by atoms with Crippen molar-refractivity contribution in [3.63, 3.8) is 0 Å². The van der Waals surface area contributed by atoms with Crippen LogP contribution in [0.25, 0.3) is 16.3 Å². The third kappa shape index (κ3) is 1.94. The molecule has 0 unspecified atom stereocenters. The number of hydrogen-bond donors (Lipinski definition) is 0. The van der Waals surface area contributed by atoms with Crippen LogP contribution in [0.4, 0.5) is 0 Å². The second-order valence-electron chi connectivity index (χ2n) is 4.94. The molecule has 0 atom stereocenters. The van der Waals surface area contributed by atoms with Crippen molar-refractivity contribution < 1.29 is 0 Å². The highest BCUT2D eigenvalue weighted by molar-refractivity contribution is 6.01. The van der Waals surface area contributed by atoms with Gasteiger partial charge in [-0.05, 0) is 53.3 Å². The van der Waals surface area contributed by atoms with Gasteiger partial charge in [-0.3, -0.25) is 0 Å². The maximum absolute atomic E-state index is 2.25. The van der Waals surface area contributed by atoms with Crippen LogP contribution >= 0.6 is 0 Å². The molecule has 19 heavy (non-hydrogen) atoms. The smallest absolute Gasteiger partial charge is 0.00133 e. The normalized spacial score (nSPS) is 15.1. The molecule has 2 aromatic carbocycles. The lowest BCUT2D eigenvalue weighted by Crippen LogP contribution is -2.02. The summed E-state index contributed by atoms with van der Waals surface area (Å²) < 4.78 is 0. The van der Waals surface area contributed by atoms with Gasteiger partial charge in [-0.2, -0.15) is 0 Å². The Morgan fingerprint density at radius 3 is 2.37 bits per heavy atom. The third-order valence-electron chi connectivity index (χ3n) is 3.71. The highest BCUT2D eigenvalue weighted by Gasteiger charge is 2.17. The van der Waals surface area contributed by atoms with Gasteiger partial charge in [0.15, 0.2) is 0 Å². The second kappa shape index (κ2) is 4.89. The molecule has 0 saturated heterocycles. The molecular weight excluding hydrogens is 228 g/mol. The Balaban J connectivity index is 2.37. The molecule has 3 rings (SSSR count). The van der Waals surface area contributed by atoms with E-state index in [0.717, 1.165) is 6.42 Å². The lowest BCUT2D eigenvalue weighted by Gasteiger charge is -2.21. The highest BCUT2D eigenvalue weighted by Crippen LogP contribution is 2.37. The second-order valence-corrected chi connectivity index (χ2v) is 4.94. The zero-order chi connectivity index (χ0) is 13.2. The molecule has 0 heteroatoms. The van der Waals surface area contributed by atoms with Gasteiger partial charge in [-0.25, -0.2) is 0 Å². The third-order valence-corrected chi connectivity index (χ3v) is 3.71. The molecule has 94 valence electrons. The van der Waals surface area contributed by atoms with E-state index in [1.165, 1.54) is 33.0 Å². The molecule has 0 heterocycles. The van der Waals surface area contributed by atoms with Crippen molar-refractivity contribution in [2.24, 2.45) is 0 Å². The van der Waals surface area contributed by atoms with E-state index < -0.39 is 0 Å². The van der Waals surface area contributed by atoms with E-state index in [0.29, 0.717) is 0 Å². The molecule has 0 N–H and O–H groups in total. The van der Waals surface area contributed by atoms with E-state index in [-0.39, 0.29) is 0 Å². The van der Waals surface area contributed by atoms with Crippen LogP contribution in [-0.2, 0) is 6.42 Å². The van der Waals surface area contributed by atoms with Gasteiger partial charge in [0.1, 0.15) is 0 Å². The minimum absolute atomic E-state index is 1.03. The molecule has 0 amide bonds. The Hall–Kier alpha value is -2.08. The van der Waals surface area contributed by atoms with Crippen molar-refractivity contribution in [3.8, 4) is 0 Å². The maximum atomic E-state index is 2.25. The molecule has 0 radical (unpaired) electrons. The Morgan fingerprint density at radius 1 is 0.895 bits per heavy atom. The molecule has 0 aromatic heterocycles. The SMILES string of the molecule is C/C=C\C1=C(/C=C\C)c2cccc3cccc(c23)C1. The van der Waals surface area contributed by atoms with Crippen LogP contribution < -0.4 is 0 Å². The van der Waals surface area contributed by atoms with Crippen LogP contribution in [0.5, 0.6) is 0 Å². The van der Waals surface area contributed by atoms with Crippen LogP contribution in [0.3, 0.4) is 0 Å². The molecule has 0 aliphatic heterocycles. The van der Waals surface area contributed by atoms with E-state index in [1.54, 1.807) is 0 Å². The van der Waals surface area contributed by atoms with Crippen molar-refractivity contribution in [2.45, 2.75) is 20.3 Å². The summed E-state index contributed by atoms with van der Waals surface area (Å²) in [5.74, 6) is 0. The van der Waals surface area contributed by atoms with Crippen LogP contribution in [0, 0.1) is 0 Å². The summed E-state index contributed by atoms with van der Waals surface area (Å²) in [5.41, 5.74) is 5.58. The maximum Gasteiger partial charge on any atom is -0.00133 e. The minimum atomic E-state index is 1.03. The predicted molar refractivity (Wildman–Crippen MR) is 84.2 cm³/mol. The van der Waals surface area contributed by atoms with Crippen LogP contribution in [0.15, 0.2) is 66.3 Å². The molecule has 1 aliphatic carbocycles. The fourth-order valence-corrected chi connectivity index (χ4v) is 2.98. The number of hydrogen-bond acceptors (Lipinski definition) is 0. The first-order valence-corrected chi connectivity index (χ1v) is 6.84. The van der Waals surface area contributed by atoms with Gasteiger partial charge in [-0.1, -0.05) is 60.7 Å². The van der Waals surface area contributed by atoms with E-state index in [1.807, 2.05) is 0 Å². The molecule has 1 aliphatic rings. The highest BCUT2D eigenvalue weighted by atomic mass is 14.2. The molecule has 0 fully saturated rings. The first-order valence-electron chi connectivity index (χ1n) is 6.84. The van der Waals surface area contributed by atoms with Crippen LogP contribution in [0.1, 0.15) is 25.0 Å². The molecular formula is C19H18. The quantitative estimate of drug-likeness (QED) is 0.674. The largest absolute Gasteiger partial charge is 0.0874 e. The van der Waals surface area contributed by atoms with Crippen LogP contribution in [0.2, 0.25) is 0 Å². The van der Waals surface area contributed by atoms with E-state index in [9.17, 15) is 0 Å². The van der Waals surface area contributed by atoms with Crippen molar-refractivity contribution in [2.75, 3.05) is 0 Å². The summed E-state index contributed by atoms with van der Waals surface area (Å²) in [6, 6.07) is 13.2. The van der Waals surface area contributed by atoms with Gasteiger partial charge in [0.05, 0.1) is 0 Å². The van der Waals surface area contributed by atoms with Crippen molar-refractivity contribution in [1.29, 1.82) is 0 Å². The number of rotatable bonds is 2. The lowest BCUT2D eigenvalue weighted by atomic mass is 9.83.